The number of carbonyl (C=O) groups excluding carboxylic acids is 3. The number of ether oxygens (including phenoxy) is 3. The monoisotopic (exact) mass is 809 g/mol. The SMILES string of the molecule is CC/C=C\C/C=C\C/C=C\CC(=O)OCC(COC(=O)CCCCCCC/C=C\C=C/CCCCCCCCC)OC(=O)CCCCC/C=C\CCCCCCCC. The van der Waals surface area contributed by atoms with E-state index >= 15 is 0 Å². The largest absolute Gasteiger partial charge is 0.462 e. The van der Waals surface area contributed by atoms with E-state index in [4.69, 9.17) is 14.2 Å². The van der Waals surface area contributed by atoms with Gasteiger partial charge in [0.1, 0.15) is 13.2 Å². The van der Waals surface area contributed by atoms with Gasteiger partial charge in [-0.3, -0.25) is 14.4 Å². The third kappa shape index (κ3) is 44.0. The molecule has 0 aliphatic rings. The molecule has 0 N–H and O–H groups in total. The molecule has 0 amide bonds. The van der Waals surface area contributed by atoms with E-state index in [1.807, 2.05) is 6.08 Å². The van der Waals surface area contributed by atoms with Crippen LogP contribution in [-0.2, 0) is 28.6 Å². The lowest BCUT2D eigenvalue weighted by atomic mass is 10.1. The summed E-state index contributed by atoms with van der Waals surface area (Å²) in [5, 5.41) is 0. The topological polar surface area (TPSA) is 78.9 Å². The lowest BCUT2D eigenvalue weighted by Gasteiger charge is -2.18. The van der Waals surface area contributed by atoms with Crippen molar-refractivity contribution in [1.82, 2.24) is 0 Å². The molecule has 1 unspecified atom stereocenters. The number of hydrogen-bond donors (Lipinski definition) is 0. The minimum Gasteiger partial charge on any atom is -0.462 e. The van der Waals surface area contributed by atoms with Crippen LogP contribution in [0.25, 0.3) is 0 Å². The molecule has 0 aliphatic carbocycles. The van der Waals surface area contributed by atoms with Crippen molar-refractivity contribution < 1.29 is 28.6 Å². The third-order valence-corrected chi connectivity index (χ3v) is 9.98. The minimum atomic E-state index is -0.823. The normalized spacial score (nSPS) is 12.7. The molecule has 0 saturated carbocycles. The summed E-state index contributed by atoms with van der Waals surface area (Å²) >= 11 is 0. The lowest BCUT2D eigenvalue weighted by Crippen LogP contribution is -2.30. The average Bonchev–Trinajstić information content (AvgIpc) is 3.22. The molecule has 0 radical (unpaired) electrons. The van der Waals surface area contributed by atoms with Crippen molar-refractivity contribution in [3.05, 3.63) is 72.9 Å². The molecule has 0 spiro atoms. The highest BCUT2D eigenvalue weighted by molar-refractivity contribution is 5.72. The molecule has 0 saturated heterocycles. The van der Waals surface area contributed by atoms with Crippen LogP contribution in [0.3, 0.4) is 0 Å². The summed E-state index contributed by atoms with van der Waals surface area (Å²) in [5.41, 5.74) is 0. The van der Waals surface area contributed by atoms with Crippen LogP contribution in [0.15, 0.2) is 72.9 Å². The number of rotatable bonds is 42. The maximum Gasteiger partial charge on any atom is 0.309 e. The molecule has 0 bridgehead atoms. The van der Waals surface area contributed by atoms with E-state index in [0.717, 1.165) is 89.9 Å². The summed E-state index contributed by atoms with van der Waals surface area (Å²) in [6, 6.07) is 0. The van der Waals surface area contributed by atoms with Gasteiger partial charge in [-0.1, -0.05) is 190 Å². The predicted molar refractivity (Wildman–Crippen MR) is 247 cm³/mol. The number of esters is 3. The quantitative estimate of drug-likeness (QED) is 0.0201. The van der Waals surface area contributed by atoms with Gasteiger partial charge in [-0.05, 0) is 83.5 Å². The third-order valence-electron chi connectivity index (χ3n) is 9.98. The predicted octanol–water partition coefficient (Wildman–Crippen LogP) is 15.5. The second-order valence-corrected chi connectivity index (χ2v) is 15.7. The van der Waals surface area contributed by atoms with Crippen molar-refractivity contribution in [3.8, 4) is 0 Å². The highest BCUT2D eigenvalue weighted by Gasteiger charge is 2.19. The highest BCUT2D eigenvalue weighted by atomic mass is 16.6. The van der Waals surface area contributed by atoms with E-state index in [9.17, 15) is 14.4 Å². The van der Waals surface area contributed by atoms with E-state index in [2.05, 4.69) is 81.5 Å². The first-order valence-corrected chi connectivity index (χ1v) is 24.0. The van der Waals surface area contributed by atoms with Crippen LogP contribution >= 0.6 is 0 Å². The Morgan fingerprint density at radius 2 is 0.793 bits per heavy atom. The molecule has 6 nitrogen and oxygen atoms in total. The Bertz CT molecular complexity index is 1110. The molecule has 0 aromatic carbocycles. The molecular formula is C52H88O6. The van der Waals surface area contributed by atoms with E-state index < -0.39 is 12.1 Å². The number of unbranched alkanes of at least 4 members (excludes halogenated alkanes) is 21. The zero-order valence-corrected chi connectivity index (χ0v) is 37.8. The fraction of sp³-hybridized carbons (Fsp3) is 0.712. The summed E-state index contributed by atoms with van der Waals surface area (Å²) in [7, 11) is 0. The molecule has 0 heterocycles. The van der Waals surface area contributed by atoms with Crippen LogP contribution in [0.1, 0.15) is 220 Å². The molecule has 332 valence electrons. The van der Waals surface area contributed by atoms with Gasteiger partial charge in [0.15, 0.2) is 6.10 Å². The summed E-state index contributed by atoms with van der Waals surface area (Å²) in [6.07, 6.45) is 57.8. The molecule has 0 aliphatic heterocycles. The van der Waals surface area contributed by atoms with Gasteiger partial charge in [0.2, 0.25) is 0 Å². The number of hydrogen-bond acceptors (Lipinski definition) is 6. The van der Waals surface area contributed by atoms with Crippen molar-refractivity contribution in [3.63, 3.8) is 0 Å². The number of carbonyl (C=O) groups is 3. The van der Waals surface area contributed by atoms with Crippen LogP contribution in [0.5, 0.6) is 0 Å². The summed E-state index contributed by atoms with van der Waals surface area (Å²) in [6.45, 7) is 6.37. The Morgan fingerprint density at radius 3 is 1.31 bits per heavy atom. The van der Waals surface area contributed by atoms with Crippen molar-refractivity contribution in [2.45, 2.75) is 226 Å². The Balaban J connectivity index is 4.43. The Hall–Kier alpha value is -3.15. The summed E-state index contributed by atoms with van der Waals surface area (Å²) in [5.74, 6) is -1.08. The first-order chi connectivity index (χ1) is 28.5. The van der Waals surface area contributed by atoms with Gasteiger partial charge in [-0.15, -0.1) is 0 Å². The van der Waals surface area contributed by atoms with Gasteiger partial charge in [-0.25, -0.2) is 0 Å². The van der Waals surface area contributed by atoms with E-state index in [1.54, 1.807) is 6.08 Å². The molecular weight excluding hydrogens is 721 g/mol. The first kappa shape index (κ1) is 54.9. The van der Waals surface area contributed by atoms with E-state index in [-0.39, 0.29) is 38.0 Å². The van der Waals surface area contributed by atoms with Crippen molar-refractivity contribution >= 4 is 17.9 Å². The highest BCUT2D eigenvalue weighted by Crippen LogP contribution is 2.12. The van der Waals surface area contributed by atoms with Crippen LogP contribution in [0.2, 0.25) is 0 Å². The van der Waals surface area contributed by atoms with Crippen molar-refractivity contribution in [1.29, 1.82) is 0 Å². The van der Waals surface area contributed by atoms with Crippen molar-refractivity contribution in [2.24, 2.45) is 0 Å². The van der Waals surface area contributed by atoms with Crippen LogP contribution in [0.4, 0.5) is 0 Å². The van der Waals surface area contributed by atoms with Crippen LogP contribution < -0.4 is 0 Å². The van der Waals surface area contributed by atoms with E-state index in [1.165, 1.54) is 89.9 Å². The summed E-state index contributed by atoms with van der Waals surface area (Å²) in [4.78, 5) is 37.7. The Labute approximate surface area is 357 Å². The van der Waals surface area contributed by atoms with Crippen LogP contribution in [-0.4, -0.2) is 37.2 Å². The van der Waals surface area contributed by atoms with Gasteiger partial charge in [-0.2, -0.15) is 0 Å². The fourth-order valence-electron chi connectivity index (χ4n) is 6.37. The van der Waals surface area contributed by atoms with E-state index in [0.29, 0.717) is 6.42 Å². The second-order valence-electron chi connectivity index (χ2n) is 15.7. The van der Waals surface area contributed by atoms with Gasteiger partial charge in [0.05, 0.1) is 6.42 Å². The summed E-state index contributed by atoms with van der Waals surface area (Å²) < 4.78 is 16.6. The fourth-order valence-corrected chi connectivity index (χ4v) is 6.37. The average molecular weight is 809 g/mol. The van der Waals surface area contributed by atoms with Crippen LogP contribution in [0, 0.1) is 0 Å². The van der Waals surface area contributed by atoms with Gasteiger partial charge < -0.3 is 14.2 Å². The molecule has 0 aromatic heterocycles. The maximum absolute atomic E-state index is 12.7. The first-order valence-electron chi connectivity index (χ1n) is 24.0. The maximum atomic E-state index is 12.7. The van der Waals surface area contributed by atoms with Gasteiger partial charge >= 0.3 is 17.9 Å². The molecule has 1 atom stereocenters. The number of allylic oxidation sites excluding steroid dienone is 11. The zero-order valence-electron chi connectivity index (χ0n) is 37.8. The molecule has 6 heteroatoms. The standard InChI is InChI=1S/C52H88O6/c1-4-7-10-13-16-19-21-23-24-25-26-27-29-30-33-36-39-42-45-51(54)57-48-49(47-56-50(53)44-41-38-35-32-18-15-12-9-6-3)58-52(55)46-43-40-37-34-31-28-22-20-17-14-11-8-5-2/h9,12,18,24-28,31-32,38,41,49H,4-8,10-11,13-17,19-23,29-30,33-37,39-40,42-48H2,1-3H3/b12-9-,25-24-,27-26-,31-28-,32-18-,41-38-. The molecule has 0 aromatic rings. The van der Waals surface area contributed by atoms with Crippen molar-refractivity contribution in [2.75, 3.05) is 13.2 Å². The molecule has 0 fully saturated rings. The van der Waals surface area contributed by atoms with Gasteiger partial charge in [0.25, 0.3) is 0 Å². The lowest BCUT2D eigenvalue weighted by molar-refractivity contribution is -0.166. The minimum absolute atomic E-state index is 0.117. The zero-order chi connectivity index (χ0) is 42.3. The Kier molecular flexibility index (Phi) is 44.0. The molecule has 0 rings (SSSR count). The smallest absolute Gasteiger partial charge is 0.309 e. The van der Waals surface area contributed by atoms with Gasteiger partial charge in [0, 0.05) is 12.8 Å². The second kappa shape index (κ2) is 46.5. The Morgan fingerprint density at radius 1 is 0.397 bits per heavy atom. The molecule has 58 heavy (non-hydrogen) atoms.